The fourth-order valence-electron chi connectivity index (χ4n) is 5.36. The Bertz CT molecular complexity index is 1020. The van der Waals surface area contributed by atoms with Gasteiger partial charge in [-0.25, -0.2) is 4.39 Å². The molecule has 140 valence electrons. The molecule has 0 spiro atoms. The van der Waals surface area contributed by atoms with Crippen molar-refractivity contribution in [1.29, 1.82) is 0 Å². The van der Waals surface area contributed by atoms with Gasteiger partial charge in [0.2, 0.25) is 0 Å². The molecule has 3 fully saturated rings. The molecule has 6 atom stereocenters. The van der Waals surface area contributed by atoms with Crippen LogP contribution in [0.15, 0.2) is 58.1 Å². The molecule has 1 saturated heterocycles. The minimum absolute atomic E-state index is 0.186. The highest BCUT2D eigenvalue weighted by molar-refractivity contribution is 6.06. The molecule has 6 heteroatoms. The first-order chi connectivity index (χ1) is 13.6. The van der Waals surface area contributed by atoms with E-state index in [1.807, 2.05) is 0 Å². The van der Waals surface area contributed by atoms with Crippen LogP contribution in [0.25, 0.3) is 11.3 Å². The summed E-state index contributed by atoms with van der Waals surface area (Å²) in [5.41, 5.74) is 0.738. The minimum atomic E-state index is -0.314. The molecule has 0 radical (unpaired) electrons. The zero-order valence-corrected chi connectivity index (χ0v) is 14.9. The molecule has 1 aliphatic heterocycles. The SMILES string of the molecule is O=C1C2C3C=CC(C4CC34)C2C(=O)N1N=Cc1ccc(-c2ccc(F)cc2)o1. The number of nitrogens with zero attached hydrogens (tertiary/aromatic N) is 2. The van der Waals surface area contributed by atoms with E-state index in [0.29, 0.717) is 23.4 Å². The molecule has 2 aromatic rings. The lowest BCUT2D eigenvalue weighted by Crippen LogP contribution is -2.40. The van der Waals surface area contributed by atoms with Crippen LogP contribution in [-0.4, -0.2) is 23.0 Å². The van der Waals surface area contributed by atoms with Gasteiger partial charge < -0.3 is 4.42 Å². The van der Waals surface area contributed by atoms with E-state index in [-0.39, 0.29) is 41.3 Å². The van der Waals surface area contributed by atoms with E-state index >= 15 is 0 Å². The Morgan fingerprint density at radius 1 is 0.964 bits per heavy atom. The first kappa shape index (κ1) is 16.0. The molecule has 5 nitrogen and oxygen atoms in total. The van der Waals surface area contributed by atoms with Gasteiger partial charge in [0, 0.05) is 5.56 Å². The van der Waals surface area contributed by atoms with Crippen molar-refractivity contribution in [2.75, 3.05) is 0 Å². The average molecular weight is 376 g/mol. The molecule has 0 N–H and O–H groups in total. The largest absolute Gasteiger partial charge is 0.455 e. The predicted molar refractivity (Wildman–Crippen MR) is 98.2 cm³/mol. The average Bonchev–Trinajstić information content (AvgIpc) is 3.34. The van der Waals surface area contributed by atoms with Gasteiger partial charge in [0.1, 0.15) is 17.3 Å². The van der Waals surface area contributed by atoms with Gasteiger partial charge in [-0.3, -0.25) is 9.59 Å². The van der Waals surface area contributed by atoms with Gasteiger partial charge in [0.15, 0.2) is 0 Å². The summed E-state index contributed by atoms with van der Waals surface area (Å²) in [6.45, 7) is 0. The van der Waals surface area contributed by atoms with Crippen LogP contribution in [0.5, 0.6) is 0 Å². The smallest absolute Gasteiger partial charge is 0.254 e. The fraction of sp³-hybridized carbons (Fsp3) is 0.318. The van der Waals surface area contributed by atoms with Crippen molar-refractivity contribution in [3.8, 4) is 11.3 Å². The third-order valence-electron chi connectivity index (χ3n) is 6.70. The van der Waals surface area contributed by atoms with E-state index in [9.17, 15) is 14.0 Å². The molecule has 5 aliphatic rings. The highest BCUT2D eigenvalue weighted by Crippen LogP contribution is 2.65. The summed E-state index contributed by atoms with van der Waals surface area (Å²) in [4.78, 5) is 25.8. The second kappa shape index (κ2) is 5.50. The van der Waals surface area contributed by atoms with Crippen molar-refractivity contribution in [2.45, 2.75) is 6.42 Å². The number of halogens is 1. The summed E-state index contributed by atoms with van der Waals surface area (Å²) < 4.78 is 18.8. The van der Waals surface area contributed by atoms with Crippen molar-refractivity contribution < 1.29 is 18.4 Å². The van der Waals surface area contributed by atoms with Crippen molar-refractivity contribution in [2.24, 2.45) is 40.6 Å². The second-order valence-electron chi connectivity index (χ2n) is 8.10. The normalized spacial score (nSPS) is 35.0. The Morgan fingerprint density at radius 3 is 2.25 bits per heavy atom. The number of hydrazone groups is 1. The summed E-state index contributed by atoms with van der Waals surface area (Å²) in [7, 11) is 0. The number of benzene rings is 1. The van der Waals surface area contributed by atoms with Gasteiger partial charge in [-0.1, -0.05) is 12.2 Å². The Hall–Kier alpha value is -3.02. The number of furan rings is 1. The first-order valence-electron chi connectivity index (χ1n) is 9.58. The standard InChI is InChI=1S/C22H17FN2O3/c23-12-3-1-11(2-4-12)18-8-5-13(28-18)10-24-25-21(26)19-14-6-7-15(17-9-16(14)17)20(19)22(25)27/h1-8,10,14-17,19-20H,9H2. The second-order valence-corrected chi connectivity index (χ2v) is 8.10. The number of carbonyl (C=O) groups is 2. The Labute approximate surface area is 160 Å². The van der Waals surface area contributed by atoms with E-state index in [2.05, 4.69) is 17.3 Å². The molecule has 1 aromatic carbocycles. The quantitative estimate of drug-likeness (QED) is 0.468. The van der Waals surface area contributed by atoms with Gasteiger partial charge >= 0.3 is 0 Å². The molecule has 28 heavy (non-hydrogen) atoms. The molecule has 2 saturated carbocycles. The number of hydrogen-bond donors (Lipinski definition) is 0. The van der Waals surface area contributed by atoms with E-state index in [0.717, 1.165) is 17.0 Å². The topological polar surface area (TPSA) is 62.9 Å². The van der Waals surface area contributed by atoms with Crippen LogP contribution in [0.1, 0.15) is 12.2 Å². The van der Waals surface area contributed by atoms with Crippen LogP contribution < -0.4 is 0 Å². The van der Waals surface area contributed by atoms with E-state index in [1.54, 1.807) is 24.3 Å². The first-order valence-corrected chi connectivity index (χ1v) is 9.58. The van der Waals surface area contributed by atoms with Crippen LogP contribution in [0, 0.1) is 41.3 Å². The predicted octanol–water partition coefficient (Wildman–Crippen LogP) is 3.47. The molecule has 7 rings (SSSR count). The maximum Gasteiger partial charge on any atom is 0.254 e. The zero-order valence-electron chi connectivity index (χ0n) is 14.9. The number of imide groups is 1. The summed E-state index contributed by atoms with van der Waals surface area (Å²) in [5, 5.41) is 5.20. The third-order valence-corrected chi connectivity index (χ3v) is 6.70. The summed E-state index contributed by atoms with van der Waals surface area (Å²) in [5.74, 6) is 1.30. The Morgan fingerprint density at radius 2 is 1.61 bits per heavy atom. The molecular formula is C22H17FN2O3. The highest BCUT2D eigenvalue weighted by atomic mass is 19.1. The van der Waals surface area contributed by atoms with Gasteiger partial charge in [-0.05, 0) is 66.5 Å². The van der Waals surface area contributed by atoms with Gasteiger partial charge in [0.05, 0.1) is 18.1 Å². The van der Waals surface area contributed by atoms with Crippen molar-refractivity contribution in [3.05, 3.63) is 60.1 Å². The minimum Gasteiger partial charge on any atom is -0.455 e. The molecule has 2 amide bonds. The molecule has 4 aliphatic carbocycles. The number of hydrogen-bond acceptors (Lipinski definition) is 4. The fourth-order valence-corrected chi connectivity index (χ4v) is 5.36. The lowest BCUT2D eigenvalue weighted by Gasteiger charge is -2.37. The van der Waals surface area contributed by atoms with Crippen LogP contribution >= 0.6 is 0 Å². The summed E-state index contributed by atoms with van der Waals surface area (Å²) >= 11 is 0. The number of allylic oxidation sites excluding steroid dienone is 2. The third kappa shape index (κ3) is 2.14. The maximum atomic E-state index is 13.1. The lowest BCUT2D eigenvalue weighted by atomic mass is 9.63. The van der Waals surface area contributed by atoms with Crippen molar-refractivity contribution in [3.63, 3.8) is 0 Å². The van der Waals surface area contributed by atoms with Crippen molar-refractivity contribution in [1.82, 2.24) is 5.01 Å². The van der Waals surface area contributed by atoms with E-state index in [1.165, 1.54) is 18.3 Å². The molecular weight excluding hydrogens is 359 g/mol. The summed E-state index contributed by atoms with van der Waals surface area (Å²) in [6, 6.07) is 9.44. The number of rotatable bonds is 3. The summed E-state index contributed by atoms with van der Waals surface area (Å²) in [6.07, 6.45) is 6.81. The molecule has 2 bridgehead atoms. The Balaban J connectivity index is 1.24. The van der Waals surface area contributed by atoms with Crippen LogP contribution in [0.2, 0.25) is 0 Å². The highest BCUT2D eigenvalue weighted by Gasteiger charge is 2.67. The van der Waals surface area contributed by atoms with Crippen LogP contribution in [-0.2, 0) is 9.59 Å². The number of carbonyl (C=O) groups excluding carboxylic acids is 2. The maximum absolute atomic E-state index is 13.1. The number of amides is 2. The zero-order chi connectivity index (χ0) is 19.0. The van der Waals surface area contributed by atoms with E-state index < -0.39 is 0 Å². The molecule has 6 unspecified atom stereocenters. The van der Waals surface area contributed by atoms with E-state index in [4.69, 9.17) is 4.42 Å². The van der Waals surface area contributed by atoms with Gasteiger partial charge in [-0.15, -0.1) is 0 Å². The molecule has 2 heterocycles. The lowest BCUT2D eigenvalue weighted by molar-refractivity contribution is -0.140. The van der Waals surface area contributed by atoms with Crippen LogP contribution in [0.4, 0.5) is 4.39 Å². The van der Waals surface area contributed by atoms with Gasteiger partial charge in [0.25, 0.3) is 11.8 Å². The molecule has 1 aromatic heterocycles. The van der Waals surface area contributed by atoms with Gasteiger partial charge in [-0.2, -0.15) is 10.1 Å². The van der Waals surface area contributed by atoms with Crippen molar-refractivity contribution >= 4 is 18.0 Å². The Kier molecular flexibility index (Phi) is 3.14. The van der Waals surface area contributed by atoms with Crippen LogP contribution in [0.3, 0.4) is 0 Å². The monoisotopic (exact) mass is 376 g/mol.